The average molecular weight is 280 g/mol. The van der Waals surface area contributed by atoms with Crippen molar-refractivity contribution in [3.63, 3.8) is 0 Å². The summed E-state index contributed by atoms with van der Waals surface area (Å²) in [6.45, 7) is 2.67. The van der Waals surface area contributed by atoms with Crippen LogP contribution in [-0.2, 0) is 14.3 Å². The van der Waals surface area contributed by atoms with E-state index in [9.17, 15) is 9.59 Å². The van der Waals surface area contributed by atoms with Crippen LogP contribution < -0.4 is 5.73 Å². The number of carbonyl (C=O) groups is 2. The molecule has 2 N–H and O–H groups in total. The molecule has 3 fully saturated rings. The third-order valence-electron chi connectivity index (χ3n) is 5.28. The molecular formula is C15H24N2O3. The zero-order chi connectivity index (χ0) is 14.2. The van der Waals surface area contributed by atoms with Crippen LogP contribution in [0, 0.1) is 17.3 Å². The third-order valence-corrected chi connectivity index (χ3v) is 5.28. The molecule has 0 spiro atoms. The van der Waals surface area contributed by atoms with Gasteiger partial charge in [0.1, 0.15) is 0 Å². The highest BCUT2D eigenvalue weighted by Gasteiger charge is 2.53. The van der Waals surface area contributed by atoms with Gasteiger partial charge in [-0.1, -0.05) is 0 Å². The SMILES string of the molecule is NC(=O)C1CCCN(C(=O)C2(C3CC3)CCOCC2)C1. The molecule has 2 saturated heterocycles. The second-order valence-electron chi connectivity index (χ2n) is 6.54. The number of piperidine rings is 1. The molecule has 5 heteroatoms. The highest BCUT2D eigenvalue weighted by Crippen LogP contribution is 2.52. The predicted octanol–water partition coefficient (Wildman–Crippen LogP) is 0.917. The lowest BCUT2D eigenvalue weighted by atomic mass is 9.74. The first-order valence-corrected chi connectivity index (χ1v) is 7.80. The Morgan fingerprint density at radius 2 is 1.85 bits per heavy atom. The van der Waals surface area contributed by atoms with E-state index in [0.717, 1.165) is 32.2 Å². The molecule has 0 radical (unpaired) electrons. The molecule has 3 aliphatic rings. The molecule has 0 bridgehead atoms. The largest absolute Gasteiger partial charge is 0.381 e. The standard InChI is InChI=1S/C15H24N2O3/c16-13(18)11-2-1-7-17(10-11)14(19)15(12-3-4-12)5-8-20-9-6-15/h11-12H,1-10H2,(H2,16,18). The number of rotatable bonds is 3. The minimum atomic E-state index is -0.269. The zero-order valence-electron chi connectivity index (χ0n) is 12.0. The monoisotopic (exact) mass is 280 g/mol. The quantitative estimate of drug-likeness (QED) is 0.835. The minimum absolute atomic E-state index is 0.163. The van der Waals surface area contributed by atoms with Crippen LogP contribution in [0.1, 0.15) is 38.5 Å². The topological polar surface area (TPSA) is 72.6 Å². The van der Waals surface area contributed by atoms with Crippen LogP contribution in [0.2, 0.25) is 0 Å². The van der Waals surface area contributed by atoms with Gasteiger partial charge in [0, 0.05) is 26.3 Å². The molecule has 1 aliphatic carbocycles. The fourth-order valence-electron chi connectivity index (χ4n) is 3.88. The lowest BCUT2D eigenvalue weighted by Crippen LogP contribution is -2.52. The summed E-state index contributed by atoms with van der Waals surface area (Å²) in [7, 11) is 0. The molecule has 112 valence electrons. The van der Waals surface area contributed by atoms with E-state index in [-0.39, 0.29) is 23.1 Å². The second-order valence-corrected chi connectivity index (χ2v) is 6.54. The van der Waals surface area contributed by atoms with Crippen LogP contribution in [0.4, 0.5) is 0 Å². The Kier molecular flexibility index (Phi) is 3.71. The highest BCUT2D eigenvalue weighted by atomic mass is 16.5. The van der Waals surface area contributed by atoms with Crippen molar-refractivity contribution < 1.29 is 14.3 Å². The van der Waals surface area contributed by atoms with Crippen molar-refractivity contribution in [2.45, 2.75) is 38.5 Å². The van der Waals surface area contributed by atoms with Crippen molar-refractivity contribution in [1.82, 2.24) is 4.90 Å². The Hall–Kier alpha value is -1.10. The van der Waals surface area contributed by atoms with E-state index in [1.807, 2.05) is 4.90 Å². The van der Waals surface area contributed by atoms with Crippen molar-refractivity contribution in [3.8, 4) is 0 Å². The molecule has 2 heterocycles. The molecule has 5 nitrogen and oxygen atoms in total. The lowest BCUT2D eigenvalue weighted by Gasteiger charge is -2.42. The number of ether oxygens (including phenoxy) is 1. The Bertz CT molecular complexity index is 400. The van der Waals surface area contributed by atoms with Gasteiger partial charge in [-0.25, -0.2) is 0 Å². The molecule has 1 saturated carbocycles. The number of hydrogen-bond acceptors (Lipinski definition) is 3. The first-order valence-electron chi connectivity index (χ1n) is 7.80. The van der Waals surface area contributed by atoms with Crippen LogP contribution >= 0.6 is 0 Å². The summed E-state index contributed by atoms with van der Waals surface area (Å²) in [4.78, 5) is 26.3. The number of primary amides is 1. The maximum atomic E-state index is 13.0. The predicted molar refractivity (Wildman–Crippen MR) is 73.7 cm³/mol. The van der Waals surface area contributed by atoms with Gasteiger partial charge in [0.05, 0.1) is 11.3 Å². The van der Waals surface area contributed by atoms with Gasteiger partial charge in [-0.05, 0) is 44.4 Å². The molecular weight excluding hydrogens is 256 g/mol. The van der Waals surface area contributed by atoms with E-state index >= 15 is 0 Å². The molecule has 1 atom stereocenters. The number of hydrogen-bond donors (Lipinski definition) is 1. The Morgan fingerprint density at radius 3 is 2.45 bits per heavy atom. The summed E-state index contributed by atoms with van der Waals surface area (Å²) in [5.41, 5.74) is 5.21. The summed E-state index contributed by atoms with van der Waals surface area (Å²) in [5.74, 6) is 0.362. The minimum Gasteiger partial charge on any atom is -0.381 e. The van der Waals surface area contributed by atoms with E-state index in [1.165, 1.54) is 12.8 Å². The van der Waals surface area contributed by atoms with Gasteiger partial charge in [0.25, 0.3) is 0 Å². The van der Waals surface area contributed by atoms with Crippen molar-refractivity contribution in [2.24, 2.45) is 23.0 Å². The van der Waals surface area contributed by atoms with Crippen LogP contribution in [-0.4, -0.2) is 43.0 Å². The van der Waals surface area contributed by atoms with Gasteiger partial charge in [-0.3, -0.25) is 9.59 Å². The summed E-state index contributed by atoms with van der Waals surface area (Å²) in [6, 6.07) is 0. The van der Waals surface area contributed by atoms with Crippen molar-refractivity contribution in [2.75, 3.05) is 26.3 Å². The summed E-state index contributed by atoms with van der Waals surface area (Å²) >= 11 is 0. The maximum Gasteiger partial charge on any atom is 0.229 e. The summed E-state index contributed by atoms with van der Waals surface area (Å²) in [6.07, 6.45) is 5.72. The number of amides is 2. The molecule has 20 heavy (non-hydrogen) atoms. The third kappa shape index (κ3) is 2.43. The zero-order valence-corrected chi connectivity index (χ0v) is 12.0. The van der Waals surface area contributed by atoms with E-state index in [4.69, 9.17) is 10.5 Å². The van der Waals surface area contributed by atoms with Gasteiger partial charge in [-0.2, -0.15) is 0 Å². The number of nitrogens with two attached hydrogens (primary N) is 1. The van der Waals surface area contributed by atoms with Gasteiger partial charge in [0.2, 0.25) is 11.8 Å². The van der Waals surface area contributed by atoms with Crippen LogP contribution in [0.5, 0.6) is 0 Å². The fourth-order valence-corrected chi connectivity index (χ4v) is 3.88. The van der Waals surface area contributed by atoms with Gasteiger partial charge in [0.15, 0.2) is 0 Å². The molecule has 2 amide bonds. The average Bonchev–Trinajstić information content (AvgIpc) is 3.32. The van der Waals surface area contributed by atoms with Gasteiger partial charge in [-0.15, -0.1) is 0 Å². The first kappa shape index (κ1) is 13.9. The van der Waals surface area contributed by atoms with Gasteiger partial charge < -0.3 is 15.4 Å². The fraction of sp³-hybridized carbons (Fsp3) is 0.867. The highest BCUT2D eigenvalue weighted by molar-refractivity contribution is 5.85. The molecule has 0 aromatic heterocycles. The smallest absolute Gasteiger partial charge is 0.229 e. The van der Waals surface area contributed by atoms with Crippen molar-refractivity contribution >= 4 is 11.8 Å². The van der Waals surface area contributed by atoms with Crippen LogP contribution in [0.15, 0.2) is 0 Å². The van der Waals surface area contributed by atoms with E-state index in [0.29, 0.717) is 25.7 Å². The van der Waals surface area contributed by atoms with Crippen LogP contribution in [0.25, 0.3) is 0 Å². The van der Waals surface area contributed by atoms with Crippen molar-refractivity contribution in [3.05, 3.63) is 0 Å². The Labute approximate surface area is 119 Å². The maximum absolute atomic E-state index is 13.0. The molecule has 1 unspecified atom stereocenters. The summed E-state index contributed by atoms with van der Waals surface area (Å²) < 4.78 is 5.45. The molecule has 0 aromatic rings. The number of carbonyl (C=O) groups excluding carboxylic acids is 2. The Morgan fingerprint density at radius 1 is 1.15 bits per heavy atom. The van der Waals surface area contributed by atoms with Gasteiger partial charge >= 0.3 is 0 Å². The van der Waals surface area contributed by atoms with E-state index < -0.39 is 0 Å². The summed E-state index contributed by atoms with van der Waals surface area (Å²) in [5, 5.41) is 0. The molecule has 2 aliphatic heterocycles. The lowest BCUT2D eigenvalue weighted by molar-refractivity contribution is -0.152. The molecule has 3 rings (SSSR count). The Balaban J connectivity index is 1.74. The number of nitrogens with zero attached hydrogens (tertiary/aromatic N) is 1. The first-order chi connectivity index (χ1) is 9.63. The van der Waals surface area contributed by atoms with Crippen LogP contribution in [0.3, 0.4) is 0 Å². The van der Waals surface area contributed by atoms with E-state index in [2.05, 4.69) is 0 Å². The second kappa shape index (κ2) is 5.35. The van der Waals surface area contributed by atoms with Crippen molar-refractivity contribution in [1.29, 1.82) is 0 Å². The number of likely N-dealkylation sites (tertiary alicyclic amines) is 1. The normalized spacial score (nSPS) is 30.0. The van der Waals surface area contributed by atoms with E-state index in [1.54, 1.807) is 0 Å². The molecule has 0 aromatic carbocycles.